The summed E-state index contributed by atoms with van der Waals surface area (Å²) in [5, 5.41) is -0.877. The van der Waals surface area contributed by atoms with Crippen LogP contribution in [0.4, 0.5) is 0 Å². The Balaban J connectivity index is 2.86. The van der Waals surface area contributed by atoms with Crippen molar-refractivity contribution in [3.05, 3.63) is 31.5 Å². The second-order valence-corrected chi connectivity index (χ2v) is 15.3. The van der Waals surface area contributed by atoms with Crippen LogP contribution in [0.2, 0.25) is 0 Å². The molecule has 0 spiro atoms. The van der Waals surface area contributed by atoms with Crippen LogP contribution in [0.5, 0.6) is 0 Å². The average Bonchev–Trinajstić information content (AvgIpc) is 2.97. The Labute approximate surface area is 297 Å². The lowest BCUT2D eigenvalue weighted by molar-refractivity contribution is -0.148. The summed E-state index contributed by atoms with van der Waals surface area (Å²) in [4.78, 5) is 105. The van der Waals surface area contributed by atoms with E-state index in [1.165, 1.54) is 11.8 Å². The van der Waals surface area contributed by atoms with E-state index in [1.807, 2.05) is 0 Å². The zero-order valence-electron chi connectivity index (χ0n) is 27.6. The number of hydrogen-bond acceptors (Lipinski definition) is 16. The summed E-state index contributed by atoms with van der Waals surface area (Å²) < 4.78 is 37.2. The van der Waals surface area contributed by atoms with Gasteiger partial charge in [0.1, 0.15) is 26.4 Å². The molecule has 1 heterocycles. The zero-order chi connectivity index (χ0) is 37.3. The van der Waals surface area contributed by atoms with E-state index in [2.05, 4.69) is 29.8 Å². The Morgan fingerprint density at radius 3 is 1.43 bits per heavy atom. The maximum atomic E-state index is 13.1. The van der Waals surface area contributed by atoms with Crippen molar-refractivity contribution < 1.29 is 57.0 Å². The third-order valence-electron chi connectivity index (χ3n) is 6.12. The monoisotopic (exact) mass is 777 g/mol. The molecule has 1 aromatic rings. The van der Waals surface area contributed by atoms with E-state index in [4.69, 9.17) is 28.7 Å². The number of phosphoric ester groups is 1. The van der Waals surface area contributed by atoms with Crippen molar-refractivity contribution in [3.63, 3.8) is 0 Å². The highest BCUT2D eigenvalue weighted by atomic mass is 32.2. The molecule has 0 saturated carbocycles. The number of nitrogens with zero attached hydrogens (tertiary/aromatic N) is 3. The SMILES string of the molecule is CC(S)CC(=O)OCCn1c(=O)n(CCOC(=O)CC(C)S)c(=O)n(CCOC(=O)CC(C)SCC(C)C(=O)OCCOP(=O)(O)O)c1=O. The van der Waals surface area contributed by atoms with Gasteiger partial charge in [0.25, 0.3) is 0 Å². The van der Waals surface area contributed by atoms with Gasteiger partial charge in [0.05, 0.1) is 51.4 Å². The van der Waals surface area contributed by atoms with Gasteiger partial charge in [0.2, 0.25) is 0 Å². The molecule has 4 unspecified atom stereocenters. The van der Waals surface area contributed by atoms with Crippen LogP contribution in [-0.2, 0) is 66.8 Å². The van der Waals surface area contributed by atoms with Crippen LogP contribution in [0.3, 0.4) is 0 Å². The largest absolute Gasteiger partial charge is 0.469 e. The average molecular weight is 778 g/mol. The molecular weight excluding hydrogens is 733 g/mol. The van der Waals surface area contributed by atoms with Crippen molar-refractivity contribution in [3.8, 4) is 0 Å². The van der Waals surface area contributed by atoms with E-state index in [-0.39, 0.29) is 73.7 Å². The van der Waals surface area contributed by atoms with Gasteiger partial charge in [-0.1, -0.05) is 27.7 Å². The van der Waals surface area contributed by atoms with Gasteiger partial charge >= 0.3 is 48.8 Å². The number of hydrogen-bond donors (Lipinski definition) is 4. The number of rotatable bonds is 23. The molecule has 0 aliphatic rings. The molecule has 0 aromatic carbocycles. The fraction of sp³-hybridized carbons (Fsp3) is 0.741. The van der Waals surface area contributed by atoms with Crippen LogP contribution in [0.15, 0.2) is 14.4 Å². The number of aromatic nitrogens is 3. The van der Waals surface area contributed by atoms with Gasteiger partial charge < -0.3 is 28.7 Å². The summed E-state index contributed by atoms with van der Waals surface area (Å²) in [5.74, 6) is -2.83. The molecule has 0 fully saturated rings. The van der Waals surface area contributed by atoms with Crippen LogP contribution in [0, 0.1) is 5.92 Å². The standard InChI is InChI=1S/C27H44N3O15PS3/c1-17(24(34)44-11-12-45-46(38,39)40)16-49-20(4)15-23(33)43-10-7-30-26(36)28(5-8-41-21(31)13-18(2)47)25(35)29(27(30)37)6-9-42-22(32)14-19(3)48/h17-20,47-48H,5-16H2,1-4H3,(H2,38,39,40). The third kappa shape index (κ3) is 18.3. The zero-order valence-corrected chi connectivity index (χ0v) is 31.1. The molecule has 4 atom stereocenters. The first-order chi connectivity index (χ1) is 22.8. The van der Waals surface area contributed by atoms with Crippen molar-refractivity contribution in [1.82, 2.24) is 13.7 Å². The van der Waals surface area contributed by atoms with Gasteiger partial charge in [-0.3, -0.25) is 23.7 Å². The molecule has 1 aromatic heterocycles. The predicted molar refractivity (Wildman–Crippen MR) is 183 cm³/mol. The highest BCUT2D eigenvalue weighted by Crippen LogP contribution is 2.35. The highest BCUT2D eigenvalue weighted by Gasteiger charge is 2.21. The Bertz CT molecular complexity index is 1420. The number of carbonyl (C=O) groups is 4. The van der Waals surface area contributed by atoms with Gasteiger partial charge in [-0.05, 0) is 0 Å². The van der Waals surface area contributed by atoms with E-state index in [9.17, 15) is 38.1 Å². The van der Waals surface area contributed by atoms with Gasteiger partial charge in [-0.2, -0.15) is 37.0 Å². The first-order valence-corrected chi connectivity index (χ1v) is 18.7. The number of carbonyl (C=O) groups excluding carboxylic acids is 4. The molecule has 0 aliphatic heterocycles. The molecule has 49 heavy (non-hydrogen) atoms. The lowest BCUT2D eigenvalue weighted by Crippen LogP contribution is -2.55. The number of thiol groups is 2. The molecule has 18 nitrogen and oxygen atoms in total. The van der Waals surface area contributed by atoms with Crippen LogP contribution in [0.1, 0.15) is 47.0 Å². The van der Waals surface area contributed by atoms with Crippen molar-refractivity contribution in [2.75, 3.05) is 38.8 Å². The fourth-order valence-electron chi connectivity index (χ4n) is 3.78. The Kier molecular flexibility index (Phi) is 20.2. The van der Waals surface area contributed by atoms with E-state index in [1.54, 1.807) is 27.7 Å². The molecule has 1 rings (SSSR count). The third-order valence-corrected chi connectivity index (χ3v) is 8.43. The molecule has 0 saturated heterocycles. The second kappa shape index (κ2) is 22.3. The smallest absolute Gasteiger partial charge is 0.464 e. The lowest BCUT2D eigenvalue weighted by atomic mass is 10.2. The van der Waals surface area contributed by atoms with Crippen molar-refractivity contribution >= 4 is 68.7 Å². The number of esters is 4. The first kappa shape index (κ1) is 44.5. The maximum absolute atomic E-state index is 13.1. The second-order valence-electron chi connectivity index (χ2n) is 10.8. The Hall–Kier alpha value is -2.55. The van der Waals surface area contributed by atoms with Crippen molar-refractivity contribution in [2.24, 2.45) is 5.92 Å². The van der Waals surface area contributed by atoms with Gasteiger partial charge in [-0.25, -0.2) is 32.6 Å². The number of phosphoric acid groups is 1. The van der Waals surface area contributed by atoms with Crippen molar-refractivity contribution in [2.45, 2.75) is 82.3 Å². The van der Waals surface area contributed by atoms with E-state index >= 15 is 0 Å². The van der Waals surface area contributed by atoms with E-state index in [0.717, 1.165) is 0 Å². The minimum atomic E-state index is -4.67. The molecule has 22 heteroatoms. The Morgan fingerprint density at radius 1 is 0.673 bits per heavy atom. The van der Waals surface area contributed by atoms with Crippen molar-refractivity contribution in [1.29, 1.82) is 0 Å². The van der Waals surface area contributed by atoms with Crippen LogP contribution >= 0.6 is 44.8 Å². The summed E-state index contributed by atoms with van der Waals surface area (Å²) in [6.07, 6.45) is -0.106. The molecular formula is C27H44N3O15PS3. The quantitative estimate of drug-likeness (QED) is 0.0377. The summed E-state index contributed by atoms with van der Waals surface area (Å²) in [6.45, 7) is 3.52. The van der Waals surface area contributed by atoms with Crippen LogP contribution in [-0.4, -0.2) is 102 Å². The minimum Gasteiger partial charge on any atom is -0.464 e. The first-order valence-electron chi connectivity index (χ1n) is 15.1. The maximum Gasteiger partial charge on any atom is 0.469 e. The minimum absolute atomic E-state index is 0.00809. The Morgan fingerprint density at radius 2 is 1.06 bits per heavy atom. The topological polar surface area (TPSA) is 238 Å². The van der Waals surface area contributed by atoms with E-state index < -0.39 is 74.4 Å². The van der Waals surface area contributed by atoms with E-state index in [0.29, 0.717) is 13.7 Å². The molecule has 2 N–H and O–H groups in total. The summed E-state index contributed by atoms with van der Waals surface area (Å²) in [5.41, 5.74) is -3.07. The fourth-order valence-corrected chi connectivity index (χ4v) is 5.40. The van der Waals surface area contributed by atoms with Crippen LogP contribution < -0.4 is 17.1 Å². The molecule has 0 bridgehead atoms. The number of thioether (sulfide) groups is 1. The summed E-state index contributed by atoms with van der Waals surface area (Å²) in [7, 11) is -4.67. The number of ether oxygens (including phenoxy) is 4. The molecule has 280 valence electrons. The van der Waals surface area contributed by atoms with Gasteiger partial charge in [0, 0.05) is 21.5 Å². The lowest BCUT2D eigenvalue weighted by Gasteiger charge is -2.16. The normalized spacial score (nSPS) is 14.0. The molecule has 0 aliphatic carbocycles. The molecule has 0 amide bonds. The predicted octanol–water partition coefficient (Wildman–Crippen LogP) is 0.0185. The van der Waals surface area contributed by atoms with Gasteiger partial charge in [-0.15, -0.1) is 0 Å². The molecule has 0 radical (unpaired) electrons. The van der Waals surface area contributed by atoms with Crippen LogP contribution in [0.25, 0.3) is 0 Å². The van der Waals surface area contributed by atoms with Gasteiger partial charge in [0.15, 0.2) is 0 Å². The summed E-state index contributed by atoms with van der Waals surface area (Å²) >= 11 is 9.49. The summed E-state index contributed by atoms with van der Waals surface area (Å²) in [6, 6.07) is 0. The highest BCUT2D eigenvalue weighted by molar-refractivity contribution is 7.99.